The third-order valence-electron chi connectivity index (χ3n) is 1.98. The Labute approximate surface area is 85.2 Å². The molecule has 0 aliphatic carbocycles. The lowest BCUT2D eigenvalue weighted by atomic mass is 10.2. The highest BCUT2D eigenvalue weighted by atomic mass is 32.2. The quantitative estimate of drug-likeness (QED) is 0.659. The van der Waals surface area contributed by atoms with Gasteiger partial charge in [-0.3, -0.25) is 4.79 Å². The Hall–Kier alpha value is -0.580. The molecule has 1 atom stereocenters. The van der Waals surface area contributed by atoms with Crippen molar-refractivity contribution in [2.75, 3.05) is 11.5 Å². The SMILES string of the molecule is CCCCCS(=O)(=O)CC(C)C(=O)O. The van der Waals surface area contributed by atoms with Crippen molar-refractivity contribution in [3.8, 4) is 0 Å². The Morgan fingerprint density at radius 3 is 2.36 bits per heavy atom. The molecule has 14 heavy (non-hydrogen) atoms. The molecule has 0 aliphatic heterocycles. The fourth-order valence-electron chi connectivity index (χ4n) is 1.11. The Balaban J connectivity index is 4.01. The van der Waals surface area contributed by atoms with Crippen LogP contribution in [-0.2, 0) is 14.6 Å². The van der Waals surface area contributed by atoms with E-state index in [1.807, 2.05) is 6.92 Å². The number of carboxylic acid groups (broad SMARTS) is 1. The number of hydrogen-bond acceptors (Lipinski definition) is 3. The molecule has 84 valence electrons. The maximum Gasteiger partial charge on any atom is 0.307 e. The molecule has 0 fully saturated rings. The minimum absolute atomic E-state index is 0.110. The van der Waals surface area contributed by atoms with Crippen molar-refractivity contribution in [1.82, 2.24) is 0 Å². The van der Waals surface area contributed by atoms with E-state index in [1.165, 1.54) is 6.92 Å². The van der Waals surface area contributed by atoms with Gasteiger partial charge in [0.05, 0.1) is 17.4 Å². The standard InChI is InChI=1S/C9H18O4S/c1-3-4-5-6-14(12,13)7-8(2)9(10)11/h8H,3-7H2,1-2H3,(H,10,11). The zero-order valence-electron chi connectivity index (χ0n) is 8.69. The van der Waals surface area contributed by atoms with Crippen LogP contribution >= 0.6 is 0 Å². The van der Waals surface area contributed by atoms with E-state index in [-0.39, 0.29) is 11.5 Å². The van der Waals surface area contributed by atoms with Crippen molar-refractivity contribution >= 4 is 15.8 Å². The summed E-state index contributed by atoms with van der Waals surface area (Å²) in [6.07, 6.45) is 2.47. The van der Waals surface area contributed by atoms with Crippen molar-refractivity contribution in [2.45, 2.75) is 33.1 Å². The second kappa shape index (κ2) is 6.01. The third kappa shape index (κ3) is 5.96. The Bertz CT molecular complexity index is 269. The summed E-state index contributed by atoms with van der Waals surface area (Å²) in [6, 6.07) is 0. The number of carboxylic acids is 1. The highest BCUT2D eigenvalue weighted by molar-refractivity contribution is 7.91. The van der Waals surface area contributed by atoms with Crippen molar-refractivity contribution in [1.29, 1.82) is 0 Å². The molecule has 0 saturated heterocycles. The Kier molecular flexibility index (Phi) is 5.76. The van der Waals surface area contributed by atoms with E-state index in [1.54, 1.807) is 0 Å². The van der Waals surface area contributed by atoms with Gasteiger partial charge < -0.3 is 5.11 Å². The summed E-state index contributed by atoms with van der Waals surface area (Å²) in [5, 5.41) is 8.55. The number of aliphatic carboxylic acids is 1. The largest absolute Gasteiger partial charge is 0.481 e. The van der Waals surface area contributed by atoms with Gasteiger partial charge in [-0.25, -0.2) is 8.42 Å². The van der Waals surface area contributed by atoms with Gasteiger partial charge in [-0.15, -0.1) is 0 Å². The van der Waals surface area contributed by atoms with E-state index in [0.717, 1.165) is 12.8 Å². The predicted octanol–water partition coefficient (Wildman–Crippen LogP) is 1.31. The average Bonchev–Trinajstić information content (AvgIpc) is 2.03. The maximum absolute atomic E-state index is 11.4. The molecule has 0 aromatic heterocycles. The minimum atomic E-state index is -3.18. The van der Waals surface area contributed by atoms with Crippen molar-refractivity contribution < 1.29 is 18.3 Å². The molecule has 0 aromatic rings. The summed E-state index contributed by atoms with van der Waals surface area (Å²) < 4.78 is 22.7. The molecule has 0 heterocycles. The number of sulfone groups is 1. The molecule has 1 N–H and O–H groups in total. The molecular formula is C9H18O4S. The van der Waals surface area contributed by atoms with Gasteiger partial charge in [0.15, 0.2) is 9.84 Å². The smallest absolute Gasteiger partial charge is 0.307 e. The van der Waals surface area contributed by atoms with Crippen LogP contribution in [0.3, 0.4) is 0 Å². The molecule has 0 bridgehead atoms. The number of unbranched alkanes of at least 4 members (excludes halogenated alkanes) is 2. The molecule has 0 aromatic carbocycles. The summed E-state index contributed by atoms with van der Waals surface area (Å²) in [5.74, 6) is -1.99. The Morgan fingerprint density at radius 2 is 1.93 bits per heavy atom. The molecule has 0 spiro atoms. The molecule has 0 aliphatic rings. The number of hydrogen-bond donors (Lipinski definition) is 1. The lowest BCUT2D eigenvalue weighted by Crippen LogP contribution is -2.22. The van der Waals surface area contributed by atoms with Gasteiger partial charge in [0.2, 0.25) is 0 Å². The van der Waals surface area contributed by atoms with Gasteiger partial charge in [-0.05, 0) is 6.42 Å². The fourth-order valence-corrected chi connectivity index (χ4v) is 2.82. The first-order chi connectivity index (χ1) is 6.39. The summed E-state index contributed by atoms with van der Waals surface area (Å²) in [6.45, 7) is 3.41. The molecule has 1 unspecified atom stereocenters. The molecule has 0 rings (SSSR count). The summed E-state index contributed by atoms with van der Waals surface area (Å²) in [4.78, 5) is 10.4. The van der Waals surface area contributed by atoms with Gasteiger partial charge >= 0.3 is 5.97 Å². The number of rotatable bonds is 7. The zero-order chi connectivity index (χ0) is 11.2. The van der Waals surface area contributed by atoms with Crippen LogP contribution in [0.5, 0.6) is 0 Å². The van der Waals surface area contributed by atoms with E-state index >= 15 is 0 Å². The summed E-state index contributed by atoms with van der Waals surface area (Å²) in [7, 11) is -3.18. The van der Waals surface area contributed by atoms with Crippen LogP contribution in [0.15, 0.2) is 0 Å². The molecule has 0 radical (unpaired) electrons. The highest BCUT2D eigenvalue weighted by Gasteiger charge is 2.20. The van der Waals surface area contributed by atoms with E-state index in [4.69, 9.17) is 5.11 Å². The molecule has 0 saturated carbocycles. The maximum atomic E-state index is 11.4. The average molecular weight is 222 g/mol. The third-order valence-corrected chi connectivity index (χ3v) is 3.90. The normalized spacial score (nSPS) is 13.9. The fraction of sp³-hybridized carbons (Fsp3) is 0.889. The van der Waals surface area contributed by atoms with Crippen molar-refractivity contribution in [2.24, 2.45) is 5.92 Å². The first kappa shape index (κ1) is 13.4. The summed E-state index contributed by atoms with van der Waals surface area (Å²) in [5.41, 5.74) is 0. The van der Waals surface area contributed by atoms with Crippen LogP contribution in [0.4, 0.5) is 0 Å². The second-order valence-electron chi connectivity index (χ2n) is 3.56. The Morgan fingerprint density at radius 1 is 1.36 bits per heavy atom. The van der Waals surface area contributed by atoms with Gasteiger partial charge in [-0.1, -0.05) is 26.7 Å². The minimum Gasteiger partial charge on any atom is -0.481 e. The molecule has 4 nitrogen and oxygen atoms in total. The first-order valence-corrected chi connectivity index (χ1v) is 6.64. The van der Waals surface area contributed by atoms with E-state index in [0.29, 0.717) is 6.42 Å². The van der Waals surface area contributed by atoms with Crippen LogP contribution in [0, 0.1) is 5.92 Å². The van der Waals surface area contributed by atoms with E-state index < -0.39 is 21.7 Å². The molecular weight excluding hydrogens is 204 g/mol. The number of carbonyl (C=O) groups is 1. The van der Waals surface area contributed by atoms with Crippen LogP contribution in [0.25, 0.3) is 0 Å². The lowest BCUT2D eigenvalue weighted by Gasteiger charge is -2.06. The predicted molar refractivity (Wildman–Crippen MR) is 55.0 cm³/mol. The van der Waals surface area contributed by atoms with Crippen molar-refractivity contribution in [3.63, 3.8) is 0 Å². The lowest BCUT2D eigenvalue weighted by molar-refractivity contribution is -0.140. The highest BCUT2D eigenvalue weighted by Crippen LogP contribution is 2.05. The zero-order valence-corrected chi connectivity index (χ0v) is 9.51. The van der Waals surface area contributed by atoms with Crippen LogP contribution in [-0.4, -0.2) is 31.0 Å². The van der Waals surface area contributed by atoms with Gasteiger partial charge in [0.1, 0.15) is 0 Å². The molecule has 0 amide bonds. The van der Waals surface area contributed by atoms with Gasteiger partial charge in [0, 0.05) is 0 Å². The van der Waals surface area contributed by atoms with E-state index in [2.05, 4.69) is 0 Å². The van der Waals surface area contributed by atoms with E-state index in [9.17, 15) is 13.2 Å². The molecule has 5 heteroatoms. The summed E-state index contributed by atoms with van der Waals surface area (Å²) >= 11 is 0. The monoisotopic (exact) mass is 222 g/mol. The second-order valence-corrected chi connectivity index (χ2v) is 5.79. The van der Waals surface area contributed by atoms with Gasteiger partial charge in [-0.2, -0.15) is 0 Å². The van der Waals surface area contributed by atoms with Crippen LogP contribution < -0.4 is 0 Å². The van der Waals surface area contributed by atoms with Crippen molar-refractivity contribution in [3.05, 3.63) is 0 Å². The topological polar surface area (TPSA) is 71.4 Å². The van der Waals surface area contributed by atoms with Crippen LogP contribution in [0.1, 0.15) is 33.1 Å². The van der Waals surface area contributed by atoms with Gasteiger partial charge in [0.25, 0.3) is 0 Å². The van der Waals surface area contributed by atoms with Crippen LogP contribution in [0.2, 0.25) is 0 Å². The first-order valence-electron chi connectivity index (χ1n) is 4.82.